The van der Waals surface area contributed by atoms with Gasteiger partial charge in [0.15, 0.2) is 5.78 Å². The first-order valence-electron chi connectivity index (χ1n) is 8.04. The molecule has 1 aromatic rings. The number of carbonyl (C=O) groups excluding carboxylic acids is 1. The quantitative estimate of drug-likeness (QED) is 0.721. The number of allylic oxidation sites excluding steroid dienone is 1. The average Bonchev–Trinajstić information content (AvgIpc) is 2.95. The van der Waals surface area contributed by atoms with Crippen molar-refractivity contribution in [2.24, 2.45) is 10.7 Å². The molecule has 2 rings (SSSR count). The molecule has 0 unspecified atom stereocenters. The van der Waals surface area contributed by atoms with E-state index in [0.29, 0.717) is 17.2 Å². The molecule has 0 spiro atoms. The van der Waals surface area contributed by atoms with Crippen LogP contribution in [0.5, 0.6) is 0 Å². The van der Waals surface area contributed by atoms with E-state index in [4.69, 9.17) is 5.73 Å². The van der Waals surface area contributed by atoms with Gasteiger partial charge in [-0.2, -0.15) is 5.10 Å². The average molecular weight is 331 g/mol. The van der Waals surface area contributed by atoms with E-state index in [1.54, 1.807) is 23.3 Å². The number of nitrogens with two attached hydrogens (primary N) is 1. The molecule has 130 valence electrons. The third-order valence-electron chi connectivity index (χ3n) is 3.59. The molecule has 24 heavy (non-hydrogen) atoms. The van der Waals surface area contributed by atoms with Crippen molar-refractivity contribution in [2.45, 2.75) is 26.2 Å². The van der Waals surface area contributed by atoms with E-state index in [2.05, 4.69) is 20.8 Å². The Balaban J connectivity index is 2.37. The minimum Gasteiger partial charge on any atom is -0.403 e. The van der Waals surface area contributed by atoms with Gasteiger partial charge in [-0.15, -0.1) is 0 Å². The molecule has 1 aliphatic rings. The van der Waals surface area contributed by atoms with Crippen molar-refractivity contribution in [3.8, 4) is 0 Å². The SMILES string of the molecule is CC(=O)c1c(N/C=C\N)cnn1C1=CC=NCCCCCN(C)N1. The largest absolute Gasteiger partial charge is 0.403 e. The number of anilines is 1. The number of hydrogen-bond donors (Lipinski definition) is 3. The van der Waals surface area contributed by atoms with Crippen LogP contribution in [0.1, 0.15) is 36.7 Å². The summed E-state index contributed by atoms with van der Waals surface area (Å²) >= 11 is 0. The number of aromatic nitrogens is 2. The summed E-state index contributed by atoms with van der Waals surface area (Å²) in [6.45, 7) is 3.21. The summed E-state index contributed by atoms with van der Waals surface area (Å²) in [7, 11) is 1.97. The maximum absolute atomic E-state index is 12.1. The molecule has 0 fully saturated rings. The molecule has 0 atom stereocenters. The molecule has 1 aromatic heterocycles. The summed E-state index contributed by atoms with van der Waals surface area (Å²) in [6, 6.07) is 0. The predicted octanol–water partition coefficient (Wildman–Crippen LogP) is 1.42. The molecule has 0 aromatic carbocycles. The molecule has 0 radical (unpaired) electrons. The molecule has 0 saturated carbocycles. The van der Waals surface area contributed by atoms with E-state index in [-0.39, 0.29) is 5.78 Å². The van der Waals surface area contributed by atoms with Crippen molar-refractivity contribution in [1.82, 2.24) is 20.2 Å². The third-order valence-corrected chi connectivity index (χ3v) is 3.59. The highest BCUT2D eigenvalue weighted by atomic mass is 16.1. The van der Waals surface area contributed by atoms with Gasteiger partial charge in [0, 0.05) is 45.7 Å². The number of carbonyl (C=O) groups is 1. The van der Waals surface area contributed by atoms with E-state index in [1.807, 2.05) is 18.1 Å². The zero-order chi connectivity index (χ0) is 17.4. The van der Waals surface area contributed by atoms with Crippen LogP contribution in [-0.4, -0.2) is 46.9 Å². The Morgan fingerprint density at radius 1 is 1.42 bits per heavy atom. The van der Waals surface area contributed by atoms with Crippen molar-refractivity contribution in [3.63, 3.8) is 0 Å². The van der Waals surface area contributed by atoms with E-state index in [1.165, 1.54) is 13.1 Å². The highest BCUT2D eigenvalue weighted by Gasteiger charge is 2.18. The van der Waals surface area contributed by atoms with Crippen LogP contribution in [0.15, 0.2) is 29.7 Å². The Morgan fingerprint density at radius 2 is 2.25 bits per heavy atom. The molecule has 1 aliphatic heterocycles. The fourth-order valence-electron chi connectivity index (χ4n) is 2.45. The van der Waals surface area contributed by atoms with Crippen molar-refractivity contribution in [3.05, 3.63) is 30.4 Å². The van der Waals surface area contributed by atoms with Gasteiger partial charge in [0.2, 0.25) is 0 Å². The number of hydrazine groups is 1. The molecular weight excluding hydrogens is 306 g/mol. The first kappa shape index (κ1) is 17.7. The van der Waals surface area contributed by atoms with Crippen LogP contribution in [0, 0.1) is 0 Å². The smallest absolute Gasteiger partial charge is 0.180 e. The monoisotopic (exact) mass is 331 g/mol. The highest BCUT2D eigenvalue weighted by molar-refractivity contribution is 5.99. The van der Waals surface area contributed by atoms with Gasteiger partial charge < -0.3 is 16.5 Å². The molecule has 8 heteroatoms. The van der Waals surface area contributed by atoms with E-state index in [0.717, 1.165) is 32.4 Å². The van der Waals surface area contributed by atoms with Gasteiger partial charge in [-0.05, 0) is 18.9 Å². The first-order chi connectivity index (χ1) is 11.6. The molecule has 0 amide bonds. The maximum atomic E-state index is 12.1. The minimum absolute atomic E-state index is 0.1000. The van der Waals surface area contributed by atoms with E-state index < -0.39 is 0 Å². The van der Waals surface area contributed by atoms with Gasteiger partial charge in [-0.1, -0.05) is 6.42 Å². The number of Topliss-reactive ketones (excluding diaryl/α,β-unsaturated/α-hetero) is 1. The van der Waals surface area contributed by atoms with Crippen LogP contribution in [-0.2, 0) is 0 Å². The fourth-order valence-corrected chi connectivity index (χ4v) is 2.45. The Morgan fingerprint density at radius 3 is 3.00 bits per heavy atom. The summed E-state index contributed by atoms with van der Waals surface area (Å²) < 4.78 is 1.58. The molecule has 0 bridgehead atoms. The maximum Gasteiger partial charge on any atom is 0.180 e. The Kier molecular flexibility index (Phi) is 6.56. The van der Waals surface area contributed by atoms with Crippen LogP contribution >= 0.6 is 0 Å². The number of rotatable bonds is 4. The van der Waals surface area contributed by atoms with Gasteiger partial charge in [0.25, 0.3) is 0 Å². The van der Waals surface area contributed by atoms with Crippen molar-refractivity contribution in [2.75, 3.05) is 25.5 Å². The summed E-state index contributed by atoms with van der Waals surface area (Å²) in [5.74, 6) is 0.565. The van der Waals surface area contributed by atoms with Gasteiger partial charge >= 0.3 is 0 Å². The molecule has 4 N–H and O–H groups in total. The number of nitrogens with one attached hydrogen (secondary N) is 2. The number of nitrogens with zero attached hydrogens (tertiary/aromatic N) is 4. The van der Waals surface area contributed by atoms with Gasteiger partial charge in [-0.3, -0.25) is 9.79 Å². The normalized spacial score (nSPS) is 17.2. The zero-order valence-electron chi connectivity index (χ0n) is 14.2. The second-order valence-electron chi connectivity index (χ2n) is 5.58. The van der Waals surface area contributed by atoms with Crippen molar-refractivity contribution < 1.29 is 4.79 Å². The van der Waals surface area contributed by atoms with Gasteiger partial charge in [0.1, 0.15) is 11.5 Å². The standard InChI is InChI=1S/C16H25N7O/c1-13(24)16-14(19-10-7-17)12-20-23(16)15-6-9-18-8-4-3-5-11-22(2)21-15/h6-7,9-10,12,19,21H,3-5,8,11,17H2,1-2H3/b10-7-,15-6?,18-9?. The Hall–Kier alpha value is -2.61. The predicted molar refractivity (Wildman–Crippen MR) is 96.4 cm³/mol. The zero-order valence-corrected chi connectivity index (χ0v) is 14.2. The third kappa shape index (κ3) is 4.69. The summed E-state index contributed by atoms with van der Waals surface area (Å²) in [5, 5.41) is 9.29. The Labute approximate surface area is 142 Å². The summed E-state index contributed by atoms with van der Waals surface area (Å²) in [6.07, 6.45) is 11.4. The lowest BCUT2D eigenvalue weighted by molar-refractivity contribution is 0.101. The van der Waals surface area contributed by atoms with Crippen LogP contribution in [0.4, 0.5) is 5.69 Å². The van der Waals surface area contributed by atoms with Crippen LogP contribution < -0.4 is 16.5 Å². The lowest BCUT2D eigenvalue weighted by Crippen LogP contribution is -2.36. The lowest BCUT2D eigenvalue weighted by Gasteiger charge is -2.22. The summed E-state index contributed by atoms with van der Waals surface area (Å²) in [5.41, 5.74) is 9.67. The Bertz CT molecular complexity index is 645. The molecule has 0 saturated heterocycles. The van der Waals surface area contributed by atoms with Gasteiger partial charge in [-0.25, -0.2) is 9.69 Å². The molecule has 2 heterocycles. The van der Waals surface area contributed by atoms with Crippen molar-refractivity contribution >= 4 is 23.5 Å². The van der Waals surface area contributed by atoms with E-state index >= 15 is 0 Å². The number of aliphatic imine (C=N–C) groups is 1. The second kappa shape index (κ2) is 8.88. The van der Waals surface area contributed by atoms with Crippen LogP contribution in [0.2, 0.25) is 0 Å². The first-order valence-corrected chi connectivity index (χ1v) is 8.04. The highest BCUT2D eigenvalue weighted by Crippen LogP contribution is 2.19. The lowest BCUT2D eigenvalue weighted by atomic mass is 10.2. The van der Waals surface area contributed by atoms with Crippen LogP contribution in [0.25, 0.3) is 5.82 Å². The fraction of sp³-hybridized carbons (Fsp3) is 0.438. The number of ketones is 1. The molecule has 0 aliphatic carbocycles. The van der Waals surface area contributed by atoms with E-state index in [9.17, 15) is 4.79 Å². The van der Waals surface area contributed by atoms with Crippen LogP contribution in [0.3, 0.4) is 0 Å². The number of hydrogen-bond acceptors (Lipinski definition) is 7. The molecule has 8 nitrogen and oxygen atoms in total. The minimum atomic E-state index is -0.1000. The van der Waals surface area contributed by atoms with Gasteiger partial charge in [0.05, 0.1) is 11.9 Å². The second-order valence-corrected chi connectivity index (χ2v) is 5.58. The molecular formula is C16H25N7O. The summed E-state index contributed by atoms with van der Waals surface area (Å²) in [4.78, 5) is 16.5. The van der Waals surface area contributed by atoms with Crippen molar-refractivity contribution in [1.29, 1.82) is 0 Å². The topological polar surface area (TPSA) is 101 Å².